The van der Waals surface area contributed by atoms with E-state index < -0.39 is 0 Å². The number of likely N-dealkylation sites (tertiary alicyclic amines) is 1. The van der Waals surface area contributed by atoms with Crippen molar-refractivity contribution in [3.8, 4) is 0 Å². The van der Waals surface area contributed by atoms with E-state index in [9.17, 15) is 14.4 Å². The summed E-state index contributed by atoms with van der Waals surface area (Å²) in [5, 5.41) is 11.2. The number of benzene rings is 2. The van der Waals surface area contributed by atoms with Crippen LogP contribution in [0.15, 0.2) is 61.2 Å². The topological polar surface area (TPSA) is 103 Å². The maximum Gasteiger partial charge on any atom is 0.323 e. The van der Waals surface area contributed by atoms with Crippen molar-refractivity contribution in [2.45, 2.75) is 26.2 Å². The predicted octanol–water partition coefficient (Wildman–Crippen LogP) is 4.44. The number of nitrogens with one attached hydrogen (secondary N) is 4. The zero-order valence-electron chi connectivity index (χ0n) is 18.9. The highest BCUT2D eigenvalue weighted by molar-refractivity contribution is 6.00. The largest absolute Gasteiger partial charge is 0.352 e. The molecule has 0 aliphatic carbocycles. The van der Waals surface area contributed by atoms with Crippen molar-refractivity contribution in [1.29, 1.82) is 0 Å². The van der Waals surface area contributed by atoms with Gasteiger partial charge in [-0.1, -0.05) is 25.1 Å². The van der Waals surface area contributed by atoms with Crippen molar-refractivity contribution in [2.24, 2.45) is 5.92 Å². The van der Waals surface area contributed by atoms with Gasteiger partial charge in [0.05, 0.1) is 0 Å². The lowest BCUT2D eigenvalue weighted by molar-refractivity contribution is -0.126. The Bertz CT molecular complexity index is 965. The first-order chi connectivity index (χ1) is 16.0. The maximum atomic E-state index is 12.5. The normalized spacial score (nSPS) is 13.7. The fourth-order valence-electron chi connectivity index (χ4n) is 3.62. The number of anilines is 3. The van der Waals surface area contributed by atoms with Crippen LogP contribution in [0.5, 0.6) is 0 Å². The Hall–Kier alpha value is -3.81. The van der Waals surface area contributed by atoms with Gasteiger partial charge < -0.3 is 26.2 Å². The van der Waals surface area contributed by atoms with Gasteiger partial charge in [0.2, 0.25) is 5.91 Å². The van der Waals surface area contributed by atoms with Crippen LogP contribution in [0, 0.1) is 5.92 Å². The van der Waals surface area contributed by atoms with E-state index in [-0.39, 0.29) is 23.9 Å². The molecule has 0 aromatic heterocycles. The van der Waals surface area contributed by atoms with Crippen molar-refractivity contribution in [3.05, 3.63) is 66.7 Å². The second kappa shape index (κ2) is 11.7. The molecular formula is C25H31N5O3. The highest BCUT2D eigenvalue weighted by Gasteiger charge is 2.27. The first-order valence-corrected chi connectivity index (χ1v) is 11.2. The van der Waals surface area contributed by atoms with Gasteiger partial charge in [-0.05, 0) is 61.2 Å². The molecular weight excluding hydrogens is 418 g/mol. The van der Waals surface area contributed by atoms with Crippen LogP contribution in [-0.2, 0) is 11.2 Å². The van der Waals surface area contributed by atoms with Crippen molar-refractivity contribution >= 4 is 35.0 Å². The summed E-state index contributed by atoms with van der Waals surface area (Å²) in [4.78, 5) is 38.5. The van der Waals surface area contributed by atoms with Gasteiger partial charge in [0.15, 0.2) is 0 Å². The molecule has 3 rings (SSSR count). The summed E-state index contributed by atoms with van der Waals surface area (Å²) in [6.45, 7) is 7.18. The fourth-order valence-corrected chi connectivity index (χ4v) is 3.62. The summed E-state index contributed by atoms with van der Waals surface area (Å²) < 4.78 is 0. The third-order valence-electron chi connectivity index (χ3n) is 5.59. The summed E-state index contributed by atoms with van der Waals surface area (Å²) >= 11 is 0. The molecule has 1 fully saturated rings. The Morgan fingerprint density at radius 1 is 0.909 bits per heavy atom. The van der Waals surface area contributed by atoms with E-state index in [0.717, 1.165) is 12.1 Å². The first-order valence-electron chi connectivity index (χ1n) is 11.2. The molecule has 0 bridgehead atoms. The van der Waals surface area contributed by atoms with Gasteiger partial charge in [0.25, 0.3) is 0 Å². The van der Waals surface area contributed by atoms with E-state index in [4.69, 9.17) is 0 Å². The standard InChI is InChI=1S/C25H31N5O3/c1-3-15-26-23(31)19-13-16-30(17-14-19)25(33)29-22-11-9-21(10-12-22)28-24(32)27-20-7-5-18(4-2)6-8-20/h3,5-12,19H,1,4,13-17H2,2H3,(H,26,31)(H,29,33)(H2,27,28,32). The first kappa shape index (κ1) is 23.8. The number of hydrogen-bond acceptors (Lipinski definition) is 3. The average molecular weight is 450 g/mol. The minimum atomic E-state index is -0.337. The Morgan fingerprint density at radius 2 is 1.42 bits per heavy atom. The van der Waals surface area contributed by atoms with Crippen LogP contribution in [0.3, 0.4) is 0 Å². The van der Waals surface area contributed by atoms with E-state index >= 15 is 0 Å². The summed E-state index contributed by atoms with van der Waals surface area (Å²) in [6.07, 6.45) is 3.87. The van der Waals surface area contributed by atoms with Crippen molar-refractivity contribution < 1.29 is 14.4 Å². The lowest BCUT2D eigenvalue weighted by atomic mass is 9.96. The number of nitrogens with zero attached hydrogens (tertiary/aromatic N) is 1. The van der Waals surface area contributed by atoms with E-state index in [1.54, 1.807) is 35.2 Å². The second-order valence-electron chi connectivity index (χ2n) is 7.93. The smallest absolute Gasteiger partial charge is 0.323 e. The highest BCUT2D eigenvalue weighted by Crippen LogP contribution is 2.20. The quantitative estimate of drug-likeness (QED) is 0.470. The van der Waals surface area contributed by atoms with Gasteiger partial charge in [-0.2, -0.15) is 0 Å². The molecule has 0 radical (unpaired) electrons. The van der Waals surface area contributed by atoms with Crippen LogP contribution in [0.25, 0.3) is 0 Å². The van der Waals surface area contributed by atoms with Gasteiger partial charge in [-0.3, -0.25) is 4.79 Å². The van der Waals surface area contributed by atoms with E-state index in [0.29, 0.717) is 43.9 Å². The Labute approximate surface area is 194 Å². The molecule has 174 valence electrons. The summed E-state index contributed by atoms with van der Waals surface area (Å²) in [7, 11) is 0. The minimum Gasteiger partial charge on any atom is -0.352 e. The molecule has 1 aliphatic rings. The van der Waals surface area contributed by atoms with Crippen molar-refractivity contribution in [3.63, 3.8) is 0 Å². The van der Waals surface area contributed by atoms with Crippen LogP contribution in [0.2, 0.25) is 0 Å². The van der Waals surface area contributed by atoms with Crippen LogP contribution in [-0.4, -0.2) is 42.5 Å². The summed E-state index contributed by atoms with van der Waals surface area (Å²) in [6, 6.07) is 14.1. The molecule has 33 heavy (non-hydrogen) atoms. The van der Waals surface area contributed by atoms with E-state index in [1.807, 2.05) is 24.3 Å². The van der Waals surface area contributed by atoms with Gasteiger partial charge in [-0.15, -0.1) is 6.58 Å². The number of amides is 5. The van der Waals surface area contributed by atoms with Gasteiger partial charge >= 0.3 is 12.1 Å². The van der Waals surface area contributed by atoms with Crippen LogP contribution in [0.4, 0.5) is 26.7 Å². The van der Waals surface area contributed by atoms with Crippen molar-refractivity contribution in [1.82, 2.24) is 10.2 Å². The zero-order valence-corrected chi connectivity index (χ0v) is 18.9. The molecule has 0 atom stereocenters. The van der Waals surface area contributed by atoms with Crippen LogP contribution in [0.1, 0.15) is 25.3 Å². The number of carbonyl (C=O) groups is 3. The molecule has 2 aromatic rings. The summed E-state index contributed by atoms with van der Waals surface area (Å²) in [5.74, 6) is -0.0601. The highest BCUT2D eigenvalue weighted by atomic mass is 16.2. The fraction of sp³-hybridized carbons (Fsp3) is 0.320. The third kappa shape index (κ3) is 7.10. The van der Waals surface area contributed by atoms with Crippen LogP contribution >= 0.6 is 0 Å². The van der Waals surface area contributed by atoms with E-state index in [1.165, 1.54) is 5.56 Å². The Balaban J connectivity index is 1.44. The SMILES string of the molecule is C=CCNC(=O)C1CCN(C(=O)Nc2ccc(NC(=O)Nc3ccc(CC)cc3)cc2)CC1. The van der Waals surface area contributed by atoms with Gasteiger partial charge in [0.1, 0.15) is 0 Å². The lowest BCUT2D eigenvalue weighted by Gasteiger charge is -2.31. The number of urea groups is 2. The molecule has 4 N–H and O–H groups in total. The zero-order chi connectivity index (χ0) is 23.6. The molecule has 5 amide bonds. The van der Waals surface area contributed by atoms with Crippen LogP contribution < -0.4 is 21.3 Å². The third-order valence-corrected chi connectivity index (χ3v) is 5.59. The molecule has 0 saturated carbocycles. The molecule has 8 heteroatoms. The molecule has 8 nitrogen and oxygen atoms in total. The minimum absolute atomic E-state index is 0.0139. The molecule has 1 aliphatic heterocycles. The number of piperidine rings is 1. The molecule has 1 saturated heterocycles. The van der Waals surface area contributed by atoms with Gasteiger partial charge in [-0.25, -0.2) is 9.59 Å². The molecule has 1 heterocycles. The monoisotopic (exact) mass is 449 g/mol. The van der Waals surface area contributed by atoms with E-state index in [2.05, 4.69) is 34.8 Å². The van der Waals surface area contributed by atoms with Crippen molar-refractivity contribution in [2.75, 3.05) is 35.6 Å². The average Bonchev–Trinajstić information content (AvgIpc) is 2.84. The molecule has 0 unspecified atom stereocenters. The predicted molar refractivity (Wildman–Crippen MR) is 131 cm³/mol. The molecule has 0 spiro atoms. The Morgan fingerprint density at radius 3 is 1.94 bits per heavy atom. The maximum absolute atomic E-state index is 12.5. The number of aryl methyl sites for hydroxylation is 1. The second-order valence-corrected chi connectivity index (χ2v) is 7.93. The lowest BCUT2D eigenvalue weighted by Crippen LogP contribution is -2.44. The van der Waals surface area contributed by atoms with Gasteiger partial charge in [0, 0.05) is 42.6 Å². The summed E-state index contributed by atoms with van der Waals surface area (Å²) in [5.41, 5.74) is 3.17. The number of rotatable bonds is 7. The Kier molecular flexibility index (Phi) is 8.46. The number of hydrogen-bond donors (Lipinski definition) is 4. The molecule has 2 aromatic carbocycles. The number of carbonyl (C=O) groups excluding carboxylic acids is 3.